The first-order valence-electron chi connectivity index (χ1n) is 6.37. The van der Waals surface area contributed by atoms with E-state index in [-0.39, 0.29) is 5.69 Å². The van der Waals surface area contributed by atoms with Crippen LogP contribution in [0.1, 0.15) is 29.9 Å². The third-order valence-electron chi connectivity index (χ3n) is 2.96. The first kappa shape index (κ1) is 14.6. The number of carbonyl (C=O) groups is 1. The van der Waals surface area contributed by atoms with Crippen LogP contribution in [0.3, 0.4) is 0 Å². The third-order valence-corrected chi connectivity index (χ3v) is 3.45. The van der Waals surface area contributed by atoms with Crippen LogP contribution in [0.5, 0.6) is 0 Å². The molecule has 0 aliphatic carbocycles. The molecule has 1 heterocycles. The lowest BCUT2D eigenvalue weighted by atomic mass is 10.1. The number of imidazole rings is 1. The number of nitrogen functional groups attached to an aromatic ring is 1. The molecule has 0 saturated heterocycles. The number of carbonyl (C=O) groups excluding carboxylic acids is 1. The molecule has 0 aliphatic rings. The van der Waals surface area contributed by atoms with Crippen molar-refractivity contribution >= 4 is 27.7 Å². The SMILES string of the molecule is CCOC(=O)c1ncn(-c2ccc(Br)cc2CC)c1N. The zero-order valence-electron chi connectivity index (χ0n) is 11.4. The quantitative estimate of drug-likeness (QED) is 0.870. The van der Waals surface area contributed by atoms with Gasteiger partial charge >= 0.3 is 5.97 Å². The number of aromatic nitrogens is 2. The van der Waals surface area contributed by atoms with Gasteiger partial charge in [-0.2, -0.15) is 0 Å². The summed E-state index contributed by atoms with van der Waals surface area (Å²) in [5.41, 5.74) is 8.19. The minimum Gasteiger partial charge on any atom is -0.461 e. The highest BCUT2D eigenvalue weighted by Gasteiger charge is 2.18. The monoisotopic (exact) mass is 337 g/mol. The number of esters is 1. The molecule has 0 fully saturated rings. The van der Waals surface area contributed by atoms with Crippen LogP contribution >= 0.6 is 15.9 Å². The number of rotatable bonds is 4. The summed E-state index contributed by atoms with van der Waals surface area (Å²) in [7, 11) is 0. The molecule has 1 aromatic heterocycles. The summed E-state index contributed by atoms with van der Waals surface area (Å²) in [5, 5.41) is 0. The minimum absolute atomic E-state index is 0.150. The van der Waals surface area contributed by atoms with Crippen LogP contribution in [0, 0.1) is 0 Å². The van der Waals surface area contributed by atoms with Gasteiger partial charge in [0, 0.05) is 4.47 Å². The Labute approximate surface area is 125 Å². The fourth-order valence-electron chi connectivity index (χ4n) is 1.98. The maximum atomic E-state index is 11.7. The van der Waals surface area contributed by atoms with Gasteiger partial charge in [0.25, 0.3) is 0 Å². The van der Waals surface area contributed by atoms with Crippen LogP contribution in [-0.4, -0.2) is 22.1 Å². The van der Waals surface area contributed by atoms with Gasteiger partial charge in [-0.05, 0) is 37.1 Å². The Morgan fingerprint density at radius 1 is 1.45 bits per heavy atom. The molecule has 0 aliphatic heterocycles. The van der Waals surface area contributed by atoms with Gasteiger partial charge in [0.05, 0.1) is 12.3 Å². The van der Waals surface area contributed by atoms with E-state index in [9.17, 15) is 4.79 Å². The standard InChI is InChI=1S/C14H16BrN3O2/c1-3-9-7-10(15)5-6-11(9)18-8-17-12(13(18)16)14(19)20-4-2/h5-8H,3-4,16H2,1-2H3. The number of anilines is 1. The molecule has 0 amide bonds. The van der Waals surface area contributed by atoms with E-state index in [0.29, 0.717) is 12.4 Å². The van der Waals surface area contributed by atoms with Crippen molar-refractivity contribution in [2.24, 2.45) is 0 Å². The van der Waals surface area contributed by atoms with Gasteiger partial charge in [-0.3, -0.25) is 4.57 Å². The second-order valence-electron chi connectivity index (χ2n) is 4.20. The van der Waals surface area contributed by atoms with Crippen molar-refractivity contribution in [2.45, 2.75) is 20.3 Å². The molecule has 6 heteroatoms. The molecule has 20 heavy (non-hydrogen) atoms. The molecule has 0 atom stereocenters. The highest BCUT2D eigenvalue weighted by atomic mass is 79.9. The van der Waals surface area contributed by atoms with E-state index in [1.165, 1.54) is 0 Å². The van der Waals surface area contributed by atoms with Gasteiger partial charge in [-0.1, -0.05) is 22.9 Å². The Morgan fingerprint density at radius 3 is 2.85 bits per heavy atom. The lowest BCUT2D eigenvalue weighted by Gasteiger charge is -2.11. The summed E-state index contributed by atoms with van der Waals surface area (Å²) < 4.78 is 7.64. The smallest absolute Gasteiger partial charge is 0.360 e. The Kier molecular flexibility index (Phi) is 4.44. The zero-order chi connectivity index (χ0) is 14.7. The number of nitrogens with two attached hydrogens (primary N) is 1. The van der Waals surface area contributed by atoms with Crippen LogP contribution in [0.2, 0.25) is 0 Å². The van der Waals surface area contributed by atoms with Crippen LogP contribution in [-0.2, 0) is 11.2 Å². The average Bonchev–Trinajstić information content (AvgIpc) is 2.80. The van der Waals surface area contributed by atoms with Crippen molar-refractivity contribution in [3.8, 4) is 5.69 Å². The summed E-state index contributed by atoms with van der Waals surface area (Å²) in [5.74, 6) is -0.209. The molecule has 0 unspecified atom stereocenters. The lowest BCUT2D eigenvalue weighted by Crippen LogP contribution is -2.10. The first-order valence-corrected chi connectivity index (χ1v) is 7.16. The van der Waals surface area contributed by atoms with Crippen molar-refractivity contribution in [1.29, 1.82) is 0 Å². The molecule has 2 N–H and O–H groups in total. The second kappa shape index (κ2) is 6.09. The average molecular weight is 338 g/mol. The highest BCUT2D eigenvalue weighted by Crippen LogP contribution is 2.24. The Morgan fingerprint density at radius 2 is 2.20 bits per heavy atom. The van der Waals surface area contributed by atoms with Crippen molar-refractivity contribution in [3.63, 3.8) is 0 Å². The zero-order valence-corrected chi connectivity index (χ0v) is 13.0. The van der Waals surface area contributed by atoms with Crippen LogP contribution < -0.4 is 5.73 Å². The topological polar surface area (TPSA) is 70.1 Å². The van der Waals surface area contributed by atoms with Crippen LogP contribution in [0.15, 0.2) is 29.0 Å². The molecule has 0 saturated carbocycles. The predicted octanol–water partition coefficient (Wildman–Crippen LogP) is 2.96. The van der Waals surface area contributed by atoms with E-state index in [4.69, 9.17) is 10.5 Å². The molecule has 0 radical (unpaired) electrons. The van der Waals surface area contributed by atoms with Gasteiger partial charge in [-0.25, -0.2) is 9.78 Å². The Balaban J connectivity index is 2.47. The van der Waals surface area contributed by atoms with Crippen LogP contribution in [0.4, 0.5) is 5.82 Å². The molecular weight excluding hydrogens is 322 g/mol. The summed E-state index contributed by atoms with van der Waals surface area (Å²) in [6.45, 7) is 4.10. The van der Waals surface area contributed by atoms with E-state index in [2.05, 4.69) is 27.8 Å². The fourth-order valence-corrected chi connectivity index (χ4v) is 2.39. The van der Waals surface area contributed by atoms with Crippen molar-refractivity contribution in [3.05, 3.63) is 40.3 Å². The number of halogens is 1. The largest absolute Gasteiger partial charge is 0.461 e. The second-order valence-corrected chi connectivity index (χ2v) is 5.11. The Hall–Kier alpha value is -1.82. The fraction of sp³-hybridized carbons (Fsp3) is 0.286. The molecule has 5 nitrogen and oxygen atoms in total. The maximum Gasteiger partial charge on any atom is 0.360 e. The van der Waals surface area contributed by atoms with Crippen molar-refractivity contribution < 1.29 is 9.53 Å². The number of hydrogen-bond acceptors (Lipinski definition) is 4. The molecular formula is C14H16BrN3O2. The summed E-state index contributed by atoms with van der Waals surface area (Å²) >= 11 is 3.45. The molecule has 1 aromatic carbocycles. The molecule has 2 rings (SSSR count). The first-order chi connectivity index (χ1) is 9.58. The molecule has 0 bridgehead atoms. The maximum absolute atomic E-state index is 11.7. The predicted molar refractivity (Wildman–Crippen MR) is 81.0 cm³/mol. The van der Waals surface area contributed by atoms with E-state index in [0.717, 1.165) is 22.1 Å². The number of benzene rings is 1. The molecule has 0 spiro atoms. The summed E-state index contributed by atoms with van der Waals surface area (Å²) in [4.78, 5) is 15.8. The third kappa shape index (κ3) is 2.70. The number of aryl methyl sites for hydroxylation is 1. The number of nitrogens with zero attached hydrogens (tertiary/aromatic N) is 2. The molecule has 2 aromatic rings. The van der Waals surface area contributed by atoms with Gasteiger partial charge in [0.1, 0.15) is 12.1 Å². The minimum atomic E-state index is -0.501. The van der Waals surface area contributed by atoms with Gasteiger partial charge in [0.15, 0.2) is 5.69 Å². The number of ether oxygens (including phenoxy) is 1. The van der Waals surface area contributed by atoms with E-state index < -0.39 is 5.97 Å². The summed E-state index contributed by atoms with van der Waals surface area (Å²) in [6.07, 6.45) is 2.39. The van der Waals surface area contributed by atoms with Gasteiger partial charge in [-0.15, -0.1) is 0 Å². The van der Waals surface area contributed by atoms with E-state index in [1.807, 2.05) is 18.2 Å². The van der Waals surface area contributed by atoms with E-state index in [1.54, 1.807) is 17.8 Å². The van der Waals surface area contributed by atoms with Crippen LogP contribution in [0.25, 0.3) is 5.69 Å². The van der Waals surface area contributed by atoms with Gasteiger partial charge in [0.2, 0.25) is 0 Å². The Bertz CT molecular complexity index is 637. The van der Waals surface area contributed by atoms with Gasteiger partial charge < -0.3 is 10.5 Å². The van der Waals surface area contributed by atoms with E-state index >= 15 is 0 Å². The summed E-state index contributed by atoms with van der Waals surface area (Å²) in [6, 6.07) is 5.90. The van der Waals surface area contributed by atoms with Crippen molar-refractivity contribution in [2.75, 3.05) is 12.3 Å². The highest BCUT2D eigenvalue weighted by molar-refractivity contribution is 9.10. The number of hydrogen-bond donors (Lipinski definition) is 1. The normalized spacial score (nSPS) is 10.6. The van der Waals surface area contributed by atoms with Crippen molar-refractivity contribution in [1.82, 2.24) is 9.55 Å². The molecule has 106 valence electrons. The lowest BCUT2D eigenvalue weighted by molar-refractivity contribution is 0.0521.